The first kappa shape index (κ1) is 15.0. The van der Waals surface area contributed by atoms with Crippen LogP contribution in [0, 0.1) is 0 Å². The van der Waals surface area contributed by atoms with E-state index in [2.05, 4.69) is 19.0 Å². The molecule has 20 heavy (non-hydrogen) atoms. The predicted octanol–water partition coefficient (Wildman–Crippen LogP) is 1.11. The minimum Gasteiger partial charge on any atom is -0.340 e. The first-order valence-electron chi connectivity index (χ1n) is 7.32. The lowest BCUT2D eigenvalue weighted by Gasteiger charge is -2.37. The smallest absolute Gasteiger partial charge is 0.239 e. The number of nitrogens with two attached hydrogens (primary N) is 1. The van der Waals surface area contributed by atoms with Crippen LogP contribution >= 0.6 is 0 Å². The van der Waals surface area contributed by atoms with Crippen molar-refractivity contribution in [1.82, 2.24) is 9.80 Å². The number of likely N-dealkylation sites (N-methyl/N-ethyl adjacent to an activating group) is 1. The van der Waals surface area contributed by atoms with Gasteiger partial charge in [0.05, 0.1) is 6.04 Å². The zero-order chi connectivity index (χ0) is 14.5. The maximum atomic E-state index is 12.5. The number of hydrogen-bond acceptors (Lipinski definition) is 3. The van der Waals surface area contributed by atoms with Crippen LogP contribution in [0.25, 0.3) is 0 Å². The van der Waals surface area contributed by atoms with Gasteiger partial charge in [-0.25, -0.2) is 0 Å². The standard InChI is InChI=1S/C16H25N3O/c1-18(2)14-9-6-10-19(12-14)16(20)15(17)11-13-7-4-3-5-8-13/h3-5,7-8,14-15H,6,9-12,17H2,1-2H3/t14?,15-/m1/s1. The molecule has 1 saturated heterocycles. The molecule has 4 heteroatoms. The van der Waals surface area contributed by atoms with Gasteiger partial charge in [-0.3, -0.25) is 4.79 Å². The second kappa shape index (κ2) is 6.86. The van der Waals surface area contributed by atoms with Gasteiger partial charge in [0.2, 0.25) is 5.91 Å². The molecule has 1 aromatic carbocycles. The Morgan fingerprint density at radius 2 is 2.10 bits per heavy atom. The van der Waals surface area contributed by atoms with Gasteiger partial charge in [-0.1, -0.05) is 30.3 Å². The lowest BCUT2D eigenvalue weighted by molar-refractivity contribution is -0.134. The number of rotatable bonds is 4. The van der Waals surface area contributed by atoms with Gasteiger partial charge in [0, 0.05) is 19.1 Å². The molecule has 4 nitrogen and oxygen atoms in total. The number of likely N-dealkylation sites (tertiary alicyclic amines) is 1. The Bertz CT molecular complexity index is 433. The Balaban J connectivity index is 1.93. The summed E-state index contributed by atoms with van der Waals surface area (Å²) in [6, 6.07) is 10.0. The molecule has 1 amide bonds. The van der Waals surface area contributed by atoms with E-state index < -0.39 is 6.04 Å². The van der Waals surface area contributed by atoms with Crippen LogP contribution in [-0.2, 0) is 11.2 Å². The lowest BCUT2D eigenvalue weighted by atomic mass is 10.0. The third-order valence-corrected chi connectivity index (χ3v) is 4.05. The van der Waals surface area contributed by atoms with Crippen molar-refractivity contribution >= 4 is 5.91 Å². The number of amides is 1. The molecule has 1 aromatic rings. The number of nitrogens with zero attached hydrogens (tertiary/aromatic N) is 2. The molecule has 0 spiro atoms. The normalized spacial score (nSPS) is 21.0. The number of hydrogen-bond donors (Lipinski definition) is 1. The second-order valence-electron chi connectivity index (χ2n) is 5.84. The summed E-state index contributed by atoms with van der Waals surface area (Å²) in [6.45, 7) is 1.64. The van der Waals surface area contributed by atoms with Crippen molar-refractivity contribution in [2.24, 2.45) is 5.73 Å². The monoisotopic (exact) mass is 275 g/mol. The highest BCUT2D eigenvalue weighted by molar-refractivity contribution is 5.82. The minimum atomic E-state index is -0.432. The Labute approximate surface area is 121 Å². The van der Waals surface area contributed by atoms with Crippen LogP contribution in [0.5, 0.6) is 0 Å². The molecule has 0 aromatic heterocycles. The van der Waals surface area contributed by atoms with Crippen LogP contribution in [0.3, 0.4) is 0 Å². The van der Waals surface area contributed by atoms with Crippen molar-refractivity contribution in [3.8, 4) is 0 Å². The summed E-state index contributed by atoms with van der Waals surface area (Å²) in [7, 11) is 4.14. The van der Waals surface area contributed by atoms with Gasteiger partial charge in [0.1, 0.15) is 0 Å². The zero-order valence-corrected chi connectivity index (χ0v) is 12.5. The van der Waals surface area contributed by atoms with Crippen LogP contribution in [0.2, 0.25) is 0 Å². The molecule has 1 aliphatic heterocycles. The van der Waals surface area contributed by atoms with E-state index >= 15 is 0 Å². The molecule has 0 radical (unpaired) electrons. The molecule has 110 valence electrons. The minimum absolute atomic E-state index is 0.0837. The highest BCUT2D eigenvalue weighted by Gasteiger charge is 2.27. The van der Waals surface area contributed by atoms with Gasteiger partial charge >= 0.3 is 0 Å². The fourth-order valence-electron chi connectivity index (χ4n) is 2.77. The molecule has 1 heterocycles. The molecule has 1 unspecified atom stereocenters. The summed E-state index contributed by atoms with van der Waals surface area (Å²) in [5.41, 5.74) is 7.22. The fraction of sp³-hybridized carbons (Fsp3) is 0.562. The van der Waals surface area contributed by atoms with Crippen LogP contribution in [-0.4, -0.2) is 55.0 Å². The number of benzene rings is 1. The highest BCUT2D eigenvalue weighted by Crippen LogP contribution is 2.15. The molecular weight excluding hydrogens is 250 g/mol. The van der Waals surface area contributed by atoms with Gasteiger partial charge in [-0.15, -0.1) is 0 Å². The van der Waals surface area contributed by atoms with Crippen LogP contribution in [0.1, 0.15) is 18.4 Å². The van der Waals surface area contributed by atoms with E-state index in [9.17, 15) is 4.79 Å². The van der Waals surface area contributed by atoms with Crippen molar-refractivity contribution in [3.63, 3.8) is 0 Å². The van der Waals surface area contributed by atoms with Crippen molar-refractivity contribution in [2.45, 2.75) is 31.3 Å². The summed E-state index contributed by atoms with van der Waals surface area (Å²) in [4.78, 5) is 16.6. The van der Waals surface area contributed by atoms with E-state index in [0.29, 0.717) is 12.5 Å². The maximum Gasteiger partial charge on any atom is 0.239 e. The third-order valence-electron chi connectivity index (χ3n) is 4.05. The molecule has 0 bridgehead atoms. The average Bonchev–Trinajstić information content (AvgIpc) is 2.47. The Morgan fingerprint density at radius 1 is 1.40 bits per heavy atom. The second-order valence-corrected chi connectivity index (χ2v) is 5.84. The zero-order valence-electron chi connectivity index (χ0n) is 12.5. The highest BCUT2D eigenvalue weighted by atomic mass is 16.2. The van der Waals surface area contributed by atoms with E-state index in [0.717, 1.165) is 31.5 Å². The molecule has 2 atom stereocenters. The summed E-state index contributed by atoms with van der Waals surface area (Å²) in [5, 5.41) is 0. The van der Waals surface area contributed by atoms with Crippen LogP contribution < -0.4 is 5.73 Å². The lowest BCUT2D eigenvalue weighted by Crippen LogP contribution is -2.52. The SMILES string of the molecule is CN(C)C1CCCN(C(=O)[C@H](N)Cc2ccccc2)C1. The topological polar surface area (TPSA) is 49.6 Å². The average molecular weight is 275 g/mol. The van der Waals surface area contributed by atoms with Crippen molar-refractivity contribution < 1.29 is 4.79 Å². The summed E-state index contributed by atoms with van der Waals surface area (Å²) >= 11 is 0. The van der Waals surface area contributed by atoms with Crippen LogP contribution in [0.15, 0.2) is 30.3 Å². The van der Waals surface area contributed by atoms with E-state index in [4.69, 9.17) is 5.73 Å². The molecule has 0 aliphatic carbocycles. The van der Waals surface area contributed by atoms with E-state index in [-0.39, 0.29) is 5.91 Å². The quantitative estimate of drug-likeness (QED) is 0.895. The first-order valence-corrected chi connectivity index (χ1v) is 7.32. The van der Waals surface area contributed by atoms with Crippen molar-refractivity contribution in [2.75, 3.05) is 27.2 Å². The van der Waals surface area contributed by atoms with E-state index in [1.54, 1.807) is 0 Å². The molecular formula is C16H25N3O. The first-order chi connectivity index (χ1) is 9.58. The molecule has 2 N–H and O–H groups in total. The van der Waals surface area contributed by atoms with E-state index in [1.165, 1.54) is 0 Å². The maximum absolute atomic E-state index is 12.5. The van der Waals surface area contributed by atoms with Gasteiger partial charge in [0.15, 0.2) is 0 Å². The third kappa shape index (κ3) is 3.81. The fourth-order valence-corrected chi connectivity index (χ4v) is 2.77. The molecule has 1 fully saturated rings. The van der Waals surface area contributed by atoms with Gasteiger partial charge < -0.3 is 15.5 Å². The summed E-state index contributed by atoms with van der Waals surface area (Å²) < 4.78 is 0. The Hall–Kier alpha value is -1.39. The Kier molecular flexibility index (Phi) is 5.15. The Morgan fingerprint density at radius 3 is 2.75 bits per heavy atom. The number of carbonyl (C=O) groups excluding carboxylic acids is 1. The molecule has 2 rings (SSSR count). The predicted molar refractivity (Wildman–Crippen MR) is 81.4 cm³/mol. The van der Waals surface area contributed by atoms with Gasteiger partial charge in [0.25, 0.3) is 0 Å². The van der Waals surface area contributed by atoms with E-state index in [1.807, 2.05) is 35.2 Å². The summed E-state index contributed by atoms with van der Waals surface area (Å²) in [5.74, 6) is 0.0837. The number of carbonyl (C=O) groups is 1. The largest absolute Gasteiger partial charge is 0.340 e. The van der Waals surface area contributed by atoms with Gasteiger partial charge in [-0.05, 0) is 38.9 Å². The van der Waals surface area contributed by atoms with Crippen molar-refractivity contribution in [1.29, 1.82) is 0 Å². The summed E-state index contributed by atoms with van der Waals surface area (Å²) in [6.07, 6.45) is 2.83. The molecule has 0 saturated carbocycles. The number of piperidine rings is 1. The van der Waals surface area contributed by atoms with Crippen molar-refractivity contribution in [3.05, 3.63) is 35.9 Å². The van der Waals surface area contributed by atoms with Crippen LogP contribution in [0.4, 0.5) is 0 Å². The molecule has 1 aliphatic rings. The van der Waals surface area contributed by atoms with Gasteiger partial charge in [-0.2, -0.15) is 0 Å².